The van der Waals surface area contributed by atoms with E-state index in [0.29, 0.717) is 18.0 Å². The number of amides is 1. The molecule has 0 radical (unpaired) electrons. The van der Waals surface area contributed by atoms with E-state index in [4.69, 9.17) is 9.47 Å². The number of hydrogen-bond acceptors (Lipinski definition) is 6. The van der Waals surface area contributed by atoms with Crippen molar-refractivity contribution in [2.24, 2.45) is 0 Å². The molecule has 1 atom stereocenters. The molecule has 1 aromatic heterocycles. The third-order valence-corrected chi connectivity index (χ3v) is 5.77. The van der Waals surface area contributed by atoms with Gasteiger partial charge in [0, 0.05) is 11.6 Å². The highest BCUT2D eigenvalue weighted by Crippen LogP contribution is 2.39. The van der Waals surface area contributed by atoms with Crippen LogP contribution < -0.4 is 14.8 Å². The molecule has 0 bridgehead atoms. The first-order valence-corrected chi connectivity index (χ1v) is 10.6. The molecule has 1 aliphatic rings. The lowest BCUT2D eigenvalue weighted by Crippen LogP contribution is -2.33. The van der Waals surface area contributed by atoms with Crippen molar-refractivity contribution in [3.63, 3.8) is 0 Å². The first-order chi connectivity index (χ1) is 16.3. The number of likely N-dealkylation sites (tertiary alicyclic amines) is 1. The third kappa shape index (κ3) is 4.98. The number of methoxy groups -OCH3 is 2. The SMILES string of the molecule is COc1ccc(OC)c([C@@H]2CCCN2CC(=O)Nc2cc(C(F)(F)F)ccc2-n2cncn2)c1. The highest BCUT2D eigenvalue weighted by atomic mass is 19.4. The second-order valence-corrected chi connectivity index (χ2v) is 7.85. The van der Waals surface area contributed by atoms with Crippen molar-refractivity contribution in [2.75, 3.05) is 32.6 Å². The molecule has 34 heavy (non-hydrogen) atoms. The highest BCUT2D eigenvalue weighted by molar-refractivity contribution is 5.94. The number of alkyl halides is 3. The number of carbonyl (C=O) groups excluding carboxylic acids is 1. The Morgan fingerprint density at radius 1 is 1.18 bits per heavy atom. The van der Waals surface area contributed by atoms with E-state index < -0.39 is 17.6 Å². The van der Waals surface area contributed by atoms with Crippen LogP contribution in [0.4, 0.5) is 18.9 Å². The lowest BCUT2D eigenvalue weighted by molar-refractivity contribution is -0.137. The van der Waals surface area contributed by atoms with Crippen molar-refractivity contribution in [2.45, 2.75) is 25.1 Å². The molecule has 1 saturated heterocycles. The third-order valence-electron chi connectivity index (χ3n) is 5.77. The fraction of sp³-hybridized carbons (Fsp3) is 0.348. The average molecular weight is 475 g/mol. The number of rotatable bonds is 7. The fourth-order valence-corrected chi connectivity index (χ4v) is 4.19. The Kier molecular flexibility index (Phi) is 6.73. The van der Waals surface area contributed by atoms with Gasteiger partial charge in [-0.2, -0.15) is 18.3 Å². The van der Waals surface area contributed by atoms with E-state index in [0.717, 1.165) is 30.5 Å². The van der Waals surface area contributed by atoms with Crippen LogP contribution >= 0.6 is 0 Å². The van der Waals surface area contributed by atoms with Gasteiger partial charge < -0.3 is 14.8 Å². The normalized spacial score (nSPS) is 16.4. The molecular weight excluding hydrogens is 451 g/mol. The zero-order valence-electron chi connectivity index (χ0n) is 18.7. The molecule has 180 valence electrons. The standard InChI is InChI=1S/C23H24F3N5O3/c1-33-16-6-8-21(34-2)17(11-16)19-4-3-9-30(19)12-22(32)29-18-10-15(23(24,25)26)5-7-20(18)31-14-27-13-28-31/h5-8,10-11,13-14,19H,3-4,9,12H2,1-2H3,(H,29,32)/t19-/m0/s1. The minimum absolute atomic E-state index is 0.0000304. The van der Waals surface area contributed by atoms with Gasteiger partial charge >= 0.3 is 6.18 Å². The van der Waals surface area contributed by atoms with Gasteiger partial charge in [-0.3, -0.25) is 9.69 Å². The predicted octanol–water partition coefficient (Wildman–Crippen LogP) is 4.08. The van der Waals surface area contributed by atoms with Gasteiger partial charge in [-0.15, -0.1) is 0 Å². The minimum Gasteiger partial charge on any atom is -0.497 e. The summed E-state index contributed by atoms with van der Waals surface area (Å²) >= 11 is 0. The van der Waals surface area contributed by atoms with Crippen molar-refractivity contribution < 1.29 is 27.4 Å². The van der Waals surface area contributed by atoms with Crippen LogP contribution in [-0.4, -0.2) is 52.9 Å². The maximum atomic E-state index is 13.3. The van der Waals surface area contributed by atoms with Crippen LogP contribution in [0.3, 0.4) is 0 Å². The fourth-order valence-electron chi connectivity index (χ4n) is 4.19. The monoisotopic (exact) mass is 475 g/mol. The van der Waals surface area contributed by atoms with E-state index in [1.807, 2.05) is 17.0 Å². The number of ether oxygens (including phenoxy) is 2. The van der Waals surface area contributed by atoms with E-state index >= 15 is 0 Å². The van der Waals surface area contributed by atoms with Crippen molar-refractivity contribution >= 4 is 11.6 Å². The molecule has 2 aromatic carbocycles. The predicted molar refractivity (Wildman–Crippen MR) is 118 cm³/mol. The molecule has 1 fully saturated rings. The van der Waals surface area contributed by atoms with Crippen LogP contribution in [-0.2, 0) is 11.0 Å². The zero-order valence-corrected chi connectivity index (χ0v) is 18.7. The van der Waals surface area contributed by atoms with Gasteiger partial charge in [-0.05, 0) is 55.8 Å². The number of nitrogens with zero attached hydrogens (tertiary/aromatic N) is 4. The molecule has 8 nitrogen and oxygen atoms in total. The lowest BCUT2D eigenvalue weighted by atomic mass is 10.0. The molecule has 1 N–H and O–H groups in total. The van der Waals surface area contributed by atoms with Crippen LogP contribution in [0.15, 0.2) is 49.1 Å². The zero-order chi connectivity index (χ0) is 24.3. The summed E-state index contributed by atoms with van der Waals surface area (Å²) in [6.45, 7) is 0.662. The molecule has 0 unspecified atom stereocenters. The number of hydrogen-bond donors (Lipinski definition) is 1. The summed E-state index contributed by atoms with van der Waals surface area (Å²) in [7, 11) is 3.16. The van der Waals surface area contributed by atoms with Crippen molar-refractivity contribution in [1.29, 1.82) is 0 Å². The van der Waals surface area contributed by atoms with Gasteiger partial charge in [-0.25, -0.2) is 9.67 Å². The molecular formula is C23H24F3N5O3. The summed E-state index contributed by atoms with van der Waals surface area (Å²) in [6.07, 6.45) is -0.260. The van der Waals surface area contributed by atoms with Crippen molar-refractivity contribution in [1.82, 2.24) is 19.7 Å². The number of halogens is 3. The van der Waals surface area contributed by atoms with Gasteiger partial charge in [0.15, 0.2) is 0 Å². The van der Waals surface area contributed by atoms with E-state index in [9.17, 15) is 18.0 Å². The smallest absolute Gasteiger partial charge is 0.416 e. The highest BCUT2D eigenvalue weighted by Gasteiger charge is 2.33. The number of anilines is 1. The van der Waals surface area contributed by atoms with Crippen LogP contribution in [0.2, 0.25) is 0 Å². The summed E-state index contributed by atoms with van der Waals surface area (Å²) in [4.78, 5) is 18.8. The summed E-state index contributed by atoms with van der Waals surface area (Å²) in [5, 5.41) is 6.61. The molecule has 1 aliphatic heterocycles. The Balaban J connectivity index is 1.57. The number of carbonyl (C=O) groups is 1. The second-order valence-electron chi connectivity index (χ2n) is 7.85. The maximum Gasteiger partial charge on any atom is 0.416 e. The van der Waals surface area contributed by atoms with Crippen LogP contribution in [0.25, 0.3) is 5.69 Å². The molecule has 1 amide bonds. The van der Waals surface area contributed by atoms with Crippen LogP contribution in [0.5, 0.6) is 11.5 Å². The molecule has 4 rings (SSSR count). The van der Waals surface area contributed by atoms with Crippen molar-refractivity contribution in [3.05, 3.63) is 60.2 Å². The van der Waals surface area contributed by atoms with E-state index in [-0.39, 0.29) is 24.0 Å². The van der Waals surface area contributed by atoms with Gasteiger partial charge in [0.1, 0.15) is 24.2 Å². The Morgan fingerprint density at radius 2 is 2.00 bits per heavy atom. The molecule has 11 heteroatoms. The Hall–Kier alpha value is -3.60. The number of nitrogens with one attached hydrogen (secondary N) is 1. The van der Waals surface area contributed by atoms with Gasteiger partial charge in [0.2, 0.25) is 5.91 Å². The Morgan fingerprint density at radius 3 is 2.68 bits per heavy atom. The van der Waals surface area contributed by atoms with Gasteiger partial charge in [0.05, 0.1) is 37.7 Å². The molecule has 0 saturated carbocycles. The second kappa shape index (κ2) is 9.72. The summed E-state index contributed by atoms with van der Waals surface area (Å²) in [5.41, 5.74) is 0.313. The molecule has 0 aliphatic carbocycles. The molecule has 0 spiro atoms. The molecule has 2 heterocycles. The van der Waals surface area contributed by atoms with Crippen molar-refractivity contribution in [3.8, 4) is 17.2 Å². The van der Waals surface area contributed by atoms with Crippen LogP contribution in [0, 0.1) is 0 Å². The summed E-state index contributed by atoms with van der Waals surface area (Å²) in [5.74, 6) is 0.924. The van der Waals surface area contributed by atoms with E-state index in [2.05, 4.69) is 15.4 Å². The first kappa shape index (κ1) is 23.6. The summed E-state index contributed by atoms with van der Waals surface area (Å²) in [6, 6.07) is 8.51. The maximum absolute atomic E-state index is 13.3. The van der Waals surface area contributed by atoms with E-state index in [1.54, 1.807) is 20.3 Å². The molecule has 3 aromatic rings. The first-order valence-electron chi connectivity index (χ1n) is 10.6. The largest absolute Gasteiger partial charge is 0.497 e. The quantitative estimate of drug-likeness (QED) is 0.555. The summed E-state index contributed by atoms with van der Waals surface area (Å²) < 4.78 is 52.0. The van der Waals surface area contributed by atoms with E-state index in [1.165, 1.54) is 23.4 Å². The Bertz CT molecular complexity index is 1150. The topological polar surface area (TPSA) is 81.5 Å². The number of aromatic nitrogens is 3. The lowest BCUT2D eigenvalue weighted by Gasteiger charge is -2.26. The van der Waals surface area contributed by atoms with Crippen LogP contribution in [0.1, 0.15) is 30.0 Å². The minimum atomic E-state index is -4.55. The average Bonchev–Trinajstić information content (AvgIpc) is 3.50. The Labute approximate surface area is 194 Å². The number of benzene rings is 2. The van der Waals surface area contributed by atoms with Gasteiger partial charge in [-0.1, -0.05) is 0 Å². The van der Waals surface area contributed by atoms with Gasteiger partial charge in [0.25, 0.3) is 0 Å².